The second-order valence-corrected chi connectivity index (χ2v) is 4.80. The molecule has 0 bridgehead atoms. The minimum Gasteiger partial charge on any atom is -0.508 e. The third kappa shape index (κ3) is 3.63. The lowest BCUT2D eigenvalue weighted by Gasteiger charge is -2.07. The lowest BCUT2D eigenvalue weighted by atomic mass is 10.1. The Balaban J connectivity index is 2.05. The molecule has 2 rings (SSSR count). The highest BCUT2D eigenvalue weighted by molar-refractivity contribution is 6.42. The molecule has 1 amide bonds. The SMILES string of the molecule is O=C(Cc1ccccc1O)Nc1ccc(Cl)c(Cl)c1. The highest BCUT2D eigenvalue weighted by Gasteiger charge is 2.08. The molecule has 0 aliphatic carbocycles. The van der Waals surface area contributed by atoms with Crippen molar-refractivity contribution in [3.05, 3.63) is 58.1 Å². The molecule has 0 fully saturated rings. The molecule has 0 spiro atoms. The molecule has 3 nitrogen and oxygen atoms in total. The van der Waals surface area contributed by atoms with E-state index in [2.05, 4.69) is 5.32 Å². The number of halogens is 2. The van der Waals surface area contributed by atoms with Crippen molar-refractivity contribution in [2.45, 2.75) is 6.42 Å². The van der Waals surface area contributed by atoms with Crippen molar-refractivity contribution in [2.75, 3.05) is 5.32 Å². The number of phenolic OH excluding ortho intramolecular Hbond substituents is 1. The van der Waals surface area contributed by atoms with E-state index in [9.17, 15) is 9.90 Å². The number of benzene rings is 2. The van der Waals surface area contributed by atoms with Crippen LogP contribution in [-0.2, 0) is 11.2 Å². The molecule has 2 aromatic rings. The number of para-hydroxylation sites is 1. The first-order valence-corrected chi connectivity index (χ1v) is 6.33. The van der Waals surface area contributed by atoms with Crippen molar-refractivity contribution in [2.24, 2.45) is 0 Å². The fourth-order valence-corrected chi connectivity index (χ4v) is 1.91. The molecule has 0 heterocycles. The number of carbonyl (C=O) groups excluding carboxylic acids is 1. The normalized spacial score (nSPS) is 10.2. The fourth-order valence-electron chi connectivity index (χ4n) is 1.61. The van der Waals surface area contributed by atoms with E-state index < -0.39 is 0 Å². The van der Waals surface area contributed by atoms with Gasteiger partial charge in [-0.15, -0.1) is 0 Å². The Morgan fingerprint density at radius 1 is 1.11 bits per heavy atom. The Morgan fingerprint density at radius 2 is 1.84 bits per heavy atom. The van der Waals surface area contributed by atoms with Gasteiger partial charge >= 0.3 is 0 Å². The summed E-state index contributed by atoms with van der Waals surface area (Å²) >= 11 is 11.6. The van der Waals surface area contributed by atoms with E-state index in [1.807, 2.05) is 0 Å². The van der Waals surface area contributed by atoms with Gasteiger partial charge in [-0.2, -0.15) is 0 Å². The first-order valence-electron chi connectivity index (χ1n) is 5.58. The number of rotatable bonds is 3. The molecule has 0 aromatic heterocycles. The number of amides is 1. The number of hydrogen-bond acceptors (Lipinski definition) is 2. The Hall–Kier alpha value is -1.71. The molecule has 2 N–H and O–H groups in total. The summed E-state index contributed by atoms with van der Waals surface area (Å²) in [6.07, 6.45) is 0.0902. The summed E-state index contributed by atoms with van der Waals surface area (Å²) in [5.41, 5.74) is 1.13. The minimum absolute atomic E-state index is 0.0902. The molecular weight excluding hydrogens is 285 g/mol. The van der Waals surface area contributed by atoms with Crippen LogP contribution in [0.25, 0.3) is 0 Å². The molecule has 0 radical (unpaired) electrons. The van der Waals surface area contributed by atoms with Crippen LogP contribution in [0.1, 0.15) is 5.56 Å². The molecule has 0 unspecified atom stereocenters. The van der Waals surface area contributed by atoms with E-state index in [1.165, 1.54) is 0 Å². The Bertz CT molecular complexity index is 614. The summed E-state index contributed by atoms with van der Waals surface area (Å²) < 4.78 is 0. The molecule has 0 aliphatic heterocycles. The van der Waals surface area contributed by atoms with Gasteiger partial charge in [-0.1, -0.05) is 41.4 Å². The Kier molecular flexibility index (Phi) is 4.30. The zero-order valence-corrected chi connectivity index (χ0v) is 11.4. The van der Waals surface area contributed by atoms with Gasteiger partial charge < -0.3 is 10.4 Å². The van der Waals surface area contributed by atoms with E-state index in [0.29, 0.717) is 21.3 Å². The van der Waals surface area contributed by atoms with Crippen LogP contribution in [0, 0.1) is 0 Å². The van der Waals surface area contributed by atoms with E-state index in [-0.39, 0.29) is 18.1 Å². The van der Waals surface area contributed by atoms with Gasteiger partial charge in [0.15, 0.2) is 0 Å². The Morgan fingerprint density at radius 3 is 2.53 bits per heavy atom. The van der Waals surface area contributed by atoms with Crippen LogP contribution >= 0.6 is 23.2 Å². The van der Waals surface area contributed by atoms with Crippen LogP contribution in [-0.4, -0.2) is 11.0 Å². The van der Waals surface area contributed by atoms with Gasteiger partial charge in [-0.25, -0.2) is 0 Å². The average molecular weight is 296 g/mol. The van der Waals surface area contributed by atoms with Crippen molar-refractivity contribution < 1.29 is 9.90 Å². The second kappa shape index (κ2) is 5.95. The zero-order valence-electron chi connectivity index (χ0n) is 9.86. The molecule has 0 atom stereocenters. The minimum atomic E-state index is -0.236. The van der Waals surface area contributed by atoms with E-state index in [0.717, 1.165) is 0 Å². The zero-order chi connectivity index (χ0) is 13.8. The van der Waals surface area contributed by atoms with Crippen molar-refractivity contribution >= 4 is 34.8 Å². The van der Waals surface area contributed by atoms with Crippen molar-refractivity contribution in [3.8, 4) is 5.75 Å². The number of hydrogen-bond donors (Lipinski definition) is 2. The third-order valence-electron chi connectivity index (χ3n) is 2.55. The van der Waals surface area contributed by atoms with Crippen molar-refractivity contribution in [1.82, 2.24) is 0 Å². The van der Waals surface area contributed by atoms with Gasteiger partial charge in [0.2, 0.25) is 5.91 Å². The maximum Gasteiger partial charge on any atom is 0.228 e. The molecule has 2 aromatic carbocycles. The van der Waals surface area contributed by atoms with Gasteiger partial charge in [0.1, 0.15) is 5.75 Å². The maximum absolute atomic E-state index is 11.8. The third-order valence-corrected chi connectivity index (χ3v) is 3.29. The van der Waals surface area contributed by atoms with Gasteiger partial charge in [-0.3, -0.25) is 4.79 Å². The average Bonchev–Trinajstić information content (AvgIpc) is 2.37. The first kappa shape index (κ1) is 13.7. The first-order chi connectivity index (χ1) is 9.06. The number of anilines is 1. The number of aromatic hydroxyl groups is 1. The molecule has 0 saturated carbocycles. The predicted octanol–water partition coefficient (Wildman–Crippen LogP) is 3.88. The van der Waals surface area contributed by atoms with E-state index in [1.54, 1.807) is 42.5 Å². The van der Waals surface area contributed by atoms with Crippen molar-refractivity contribution in [3.63, 3.8) is 0 Å². The lowest BCUT2D eigenvalue weighted by Crippen LogP contribution is -2.14. The number of carbonyl (C=O) groups is 1. The second-order valence-electron chi connectivity index (χ2n) is 3.98. The van der Waals surface area contributed by atoms with Gasteiger partial charge in [0, 0.05) is 11.3 Å². The van der Waals surface area contributed by atoms with E-state index in [4.69, 9.17) is 23.2 Å². The highest BCUT2D eigenvalue weighted by Crippen LogP contribution is 2.25. The Labute approximate surface area is 120 Å². The summed E-state index contributed by atoms with van der Waals surface area (Å²) in [5, 5.41) is 13.1. The van der Waals surface area contributed by atoms with Gasteiger partial charge in [-0.05, 0) is 24.3 Å². The van der Waals surface area contributed by atoms with Crippen LogP contribution in [0.4, 0.5) is 5.69 Å². The smallest absolute Gasteiger partial charge is 0.228 e. The largest absolute Gasteiger partial charge is 0.508 e. The topological polar surface area (TPSA) is 49.3 Å². The van der Waals surface area contributed by atoms with Crippen LogP contribution in [0.5, 0.6) is 5.75 Å². The summed E-state index contributed by atoms with van der Waals surface area (Å²) in [4.78, 5) is 11.8. The number of phenols is 1. The summed E-state index contributed by atoms with van der Waals surface area (Å²) in [6, 6.07) is 11.6. The quantitative estimate of drug-likeness (QED) is 0.903. The summed E-state index contributed by atoms with van der Waals surface area (Å²) in [5.74, 6) is -0.133. The maximum atomic E-state index is 11.8. The summed E-state index contributed by atoms with van der Waals surface area (Å²) in [6.45, 7) is 0. The van der Waals surface area contributed by atoms with Crippen LogP contribution < -0.4 is 5.32 Å². The molecule has 19 heavy (non-hydrogen) atoms. The summed E-state index contributed by atoms with van der Waals surface area (Å²) in [7, 11) is 0. The molecule has 0 saturated heterocycles. The number of nitrogens with one attached hydrogen (secondary N) is 1. The predicted molar refractivity (Wildman–Crippen MR) is 76.9 cm³/mol. The van der Waals surface area contributed by atoms with Crippen molar-refractivity contribution in [1.29, 1.82) is 0 Å². The fraction of sp³-hybridized carbons (Fsp3) is 0.0714. The molecule has 0 aliphatic rings. The lowest BCUT2D eigenvalue weighted by molar-refractivity contribution is -0.115. The monoisotopic (exact) mass is 295 g/mol. The standard InChI is InChI=1S/C14H11Cl2NO2/c15-11-6-5-10(8-12(11)16)17-14(19)7-9-3-1-2-4-13(9)18/h1-6,8,18H,7H2,(H,17,19). The highest BCUT2D eigenvalue weighted by atomic mass is 35.5. The molecule has 98 valence electrons. The molecular formula is C14H11Cl2NO2. The van der Waals surface area contributed by atoms with Crippen LogP contribution in [0.2, 0.25) is 10.0 Å². The molecule has 5 heteroatoms. The van der Waals surface area contributed by atoms with E-state index >= 15 is 0 Å². The van der Waals surface area contributed by atoms with Crippen LogP contribution in [0.3, 0.4) is 0 Å². The van der Waals surface area contributed by atoms with Gasteiger partial charge in [0.05, 0.1) is 16.5 Å². The van der Waals surface area contributed by atoms with Gasteiger partial charge in [0.25, 0.3) is 0 Å². The van der Waals surface area contributed by atoms with Crippen LogP contribution in [0.15, 0.2) is 42.5 Å².